The Morgan fingerprint density at radius 3 is 1.97 bits per heavy atom. The minimum atomic E-state index is -3.47. The lowest BCUT2D eigenvalue weighted by Gasteiger charge is -2.54. The van der Waals surface area contributed by atoms with E-state index in [2.05, 4.69) is 58.7 Å². The molecule has 0 radical (unpaired) electrons. The first kappa shape index (κ1) is 23.1. The Hall–Kier alpha value is -2.63. The number of fused-ring (bicyclic) bond motifs is 3. The summed E-state index contributed by atoms with van der Waals surface area (Å²) in [5.41, 5.74) is 2.78. The first-order chi connectivity index (χ1) is 16.6. The summed E-state index contributed by atoms with van der Waals surface area (Å²) in [6.07, 6.45) is 2.21. The van der Waals surface area contributed by atoms with Gasteiger partial charge in [0.1, 0.15) is 0 Å². The molecule has 3 aliphatic rings. The van der Waals surface area contributed by atoms with Crippen LogP contribution in [0.15, 0.2) is 84.9 Å². The molecule has 5 heteroatoms. The third-order valence-corrected chi connectivity index (χ3v) is 7.64. The molecular formula is C29H31F3N2. The van der Waals surface area contributed by atoms with Crippen molar-refractivity contribution in [2.75, 3.05) is 19.8 Å². The number of nitrogens with one attached hydrogen (secondary N) is 1. The quantitative estimate of drug-likeness (QED) is 0.431. The van der Waals surface area contributed by atoms with E-state index in [4.69, 9.17) is 0 Å². The molecule has 0 aromatic heterocycles. The smallest absolute Gasteiger partial charge is 0.301 e. The van der Waals surface area contributed by atoms with Gasteiger partial charge in [-0.15, -0.1) is 0 Å². The van der Waals surface area contributed by atoms with E-state index in [-0.39, 0.29) is 23.6 Å². The SMILES string of the molecule is FCC(F)(F)c1ccccc1CN[C@@H]1C2CCN(CC2)[C@H]1C(c1ccccc1)c1ccccc1. The molecule has 2 atom stereocenters. The minimum Gasteiger partial charge on any atom is -0.308 e. The van der Waals surface area contributed by atoms with E-state index < -0.39 is 12.6 Å². The molecule has 2 bridgehead atoms. The van der Waals surface area contributed by atoms with Crippen molar-refractivity contribution in [1.29, 1.82) is 0 Å². The monoisotopic (exact) mass is 464 g/mol. The molecule has 3 heterocycles. The Labute approximate surface area is 199 Å². The molecule has 1 N–H and O–H groups in total. The molecule has 3 aliphatic heterocycles. The van der Waals surface area contributed by atoms with E-state index in [0.717, 1.165) is 25.9 Å². The fourth-order valence-corrected chi connectivity index (χ4v) is 6.03. The zero-order valence-corrected chi connectivity index (χ0v) is 19.2. The molecule has 3 fully saturated rings. The number of alkyl halides is 3. The Bertz CT molecular complexity index is 1030. The van der Waals surface area contributed by atoms with Crippen molar-refractivity contribution in [1.82, 2.24) is 10.2 Å². The highest BCUT2D eigenvalue weighted by Gasteiger charge is 2.46. The van der Waals surface area contributed by atoms with Gasteiger partial charge in [-0.1, -0.05) is 84.9 Å². The largest absolute Gasteiger partial charge is 0.308 e. The molecule has 178 valence electrons. The lowest BCUT2D eigenvalue weighted by atomic mass is 9.70. The molecular weight excluding hydrogens is 433 g/mol. The lowest BCUT2D eigenvalue weighted by molar-refractivity contribution is -0.0293. The van der Waals surface area contributed by atoms with Gasteiger partial charge in [-0.05, 0) is 48.5 Å². The Kier molecular flexibility index (Phi) is 6.75. The topological polar surface area (TPSA) is 15.3 Å². The van der Waals surface area contributed by atoms with Crippen LogP contribution in [0, 0.1) is 5.92 Å². The highest BCUT2D eigenvalue weighted by atomic mass is 19.3. The number of halogens is 3. The van der Waals surface area contributed by atoms with E-state index in [9.17, 15) is 13.2 Å². The molecule has 0 saturated carbocycles. The van der Waals surface area contributed by atoms with Crippen LogP contribution in [0.25, 0.3) is 0 Å². The first-order valence-electron chi connectivity index (χ1n) is 12.2. The number of hydrogen-bond donors (Lipinski definition) is 1. The van der Waals surface area contributed by atoms with Crippen LogP contribution in [0.4, 0.5) is 13.2 Å². The van der Waals surface area contributed by atoms with Gasteiger partial charge < -0.3 is 5.32 Å². The summed E-state index contributed by atoms with van der Waals surface area (Å²) in [5, 5.41) is 3.68. The van der Waals surface area contributed by atoms with Crippen LogP contribution in [-0.2, 0) is 12.5 Å². The number of hydrogen-bond acceptors (Lipinski definition) is 2. The van der Waals surface area contributed by atoms with Crippen molar-refractivity contribution in [3.63, 3.8) is 0 Å². The summed E-state index contributed by atoms with van der Waals surface area (Å²) in [5.74, 6) is -2.81. The third-order valence-electron chi connectivity index (χ3n) is 7.64. The molecule has 3 aromatic carbocycles. The molecule has 3 aromatic rings. The van der Waals surface area contributed by atoms with Crippen LogP contribution in [0.2, 0.25) is 0 Å². The van der Waals surface area contributed by atoms with Crippen LogP contribution in [0.5, 0.6) is 0 Å². The van der Waals surface area contributed by atoms with Gasteiger partial charge in [0.25, 0.3) is 0 Å². The second kappa shape index (κ2) is 9.93. The van der Waals surface area contributed by atoms with Gasteiger partial charge in [0.15, 0.2) is 6.67 Å². The normalized spacial score (nSPS) is 24.5. The van der Waals surface area contributed by atoms with Crippen molar-refractivity contribution in [2.24, 2.45) is 5.92 Å². The zero-order chi connectivity index (χ0) is 23.5. The maximum atomic E-state index is 14.3. The summed E-state index contributed by atoms with van der Waals surface area (Å²) >= 11 is 0. The van der Waals surface area contributed by atoms with Crippen LogP contribution >= 0.6 is 0 Å². The van der Waals surface area contributed by atoms with Crippen LogP contribution in [0.3, 0.4) is 0 Å². The van der Waals surface area contributed by atoms with Crippen LogP contribution in [-0.4, -0.2) is 36.7 Å². The van der Waals surface area contributed by atoms with E-state index in [1.54, 1.807) is 18.2 Å². The van der Waals surface area contributed by atoms with Gasteiger partial charge in [-0.3, -0.25) is 4.90 Å². The van der Waals surface area contributed by atoms with Gasteiger partial charge in [0, 0.05) is 30.1 Å². The number of rotatable bonds is 8. The van der Waals surface area contributed by atoms with Crippen molar-refractivity contribution < 1.29 is 13.2 Å². The molecule has 0 spiro atoms. The minimum absolute atomic E-state index is 0.153. The average molecular weight is 465 g/mol. The molecule has 0 aliphatic carbocycles. The van der Waals surface area contributed by atoms with Crippen molar-refractivity contribution in [3.8, 4) is 0 Å². The Balaban J connectivity index is 1.48. The summed E-state index contributed by atoms with van der Waals surface area (Å²) in [7, 11) is 0. The van der Waals surface area contributed by atoms with Gasteiger partial charge in [0.05, 0.1) is 0 Å². The molecule has 0 amide bonds. The molecule has 3 saturated heterocycles. The van der Waals surface area contributed by atoms with Gasteiger partial charge in [0.2, 0.25) is 0 Å². The van der Waals surface area contributed by atoms with Crippen molar-refractivity contribution in [2.45, 2.75) is 43.3 Å². The van der Waals surface area contributed by atoms with Crippen molar-refractivity contribution >= 4 is 0 Å². The highest BCUT2D eigenvalue weighted by Crippen LogP contribution is 2.42. The van der Waals surface area contributed by atoms with Crippen LogP contribution in [0.1, 0.15) is 41.0 Å². The maximum Gasteiger partial charge on any atom is 0.301 e. The number of nitrogens with zero attached hydrogens (tertiary/aromatic N) is 1. The number of benzene rings is 3. The summed E-state index contributed by atoms with van der Waals surface area (Å²) in [6.45, 7) is 0.727. The zero-order valence-electron chi connectivity index (χ0n) is 19.2. The first-order valence-corrected chi connectivity index (χ1v) is 12.2. The molecule has 0 unspecified atom stereocenters. The van der Waals surface area contributed by atoms with E-state index in [1.807, 2.05) is 12.1 Å². The predicted octanol–water partition coefficient (Wildman–Crippen LogP) is 6.13. The Morgan fingerprint density at radius 2 is 1.38 bits per heavy atom. The van der Waals surface area contributed by atoms with Crippen LogP contribution < -0.4 is 5.32 Å². The molecule has 6 rings (SSSR count). The highest BCUT2D eigenvalue weighted by molar-refractivity contribution is 5.36. The second-order valence-corrected chi connectivity index (χ2v) is 9.56. The molecule has 34 heavy (non-hydrogen) atoms. The summed E-state index contributed by atoms with van der Waals surface area (Å²) in [4.78, 5) is 2.57. The number of piperidine rings is 3. The lowest BCUT2D eigenvalue weighted by Crippen LogP contribution is -2.64. The summed E-state index contributed by atoms with van der Waals surface area (Å²) in [6, 6.07) is 27.9. The third kappa shape index (κ3) is 4.51. The fraction of sp³-hybridized carbons (Fsp3) is 0.379. The van der Waals surface area contributed by atoms with Gasteiger partial charge in [-0.2, -0.15) is 8.78 Å². The van der Waals surface area contributed by atoms with E-state index in [1.165, 1.54) is 17.2 Å². The van der Waals surface area contributed by atoms with E-state index >= 15 is 0 Å². The standard InChI is InChI=1S/C29H31F3N2/c30-20-29(31,32)25-14-8-7-13-24(25)19-33-27-23-15-17-34(18-16-23)28(27)26(21-9-3-1-4-10-21)22-11-5-2-6-12-22/h1-14,23,26-28,33H,15-20H2/t27-,28+/m1/s1. The van der Waals surface area contributed by atoms with Gasteiger partial charge in [-0.25, -0.2) is 4.39 Å². The molecule has 2 nitrogen and oxygen atoms in total. The average Bonchev–Trinajstić information content (AvgIpc) is 2.90. The maximum absolute atomic E-state index is 14.3. The van der Waals surface area contributed by atoms with Gasteiger partial charge >= 0.3 is 5.92 Å². The summed E-state index contributed by atoms with van der Waals surface area (Å²) < 4.78 is 41.7. The fourth-order valence-electron chi connectivity index (χ4n) is 6.03. The van der Waals surface area contributed by atoms with Crippen molar-refractivity contribution in [3.05, 3.63) is 107 Å². The Morgan fingerprint density at radius 1 is 0.824 bits per heavy atom. The van der Waals surface area contributed by atoms with E-state index in [0.29, 0.717) is 18.0 Å². The predicted molar refractivity (Wildman–Crippen MR) is 130 cm³/mol. The second-order valence-electron chi connectivity index (χ2n) is 9.56.